The van der Waals surface area contributed by atoms with E-state index in [1.165, 1.54) is 0 Å². The van der Waals surface area contributed by atoms with Gasteiger partial charge in [0, 0.05) is 5.56 Å². The maximum absolute atomic E-state index is 10.6. The second kappa shape index (κ2) is 6.86. The molecule has 0 saturated carbocycles. The number of ether oxygens (including phenoxy) is 3. The molecule has 2 aliphatic heterocycles. The first-order chi connectivity index (χ1) is 12.1. The van der Waals surface area contributed by atoms with Gasteiger partial charge in [-0.3, -0.25) is 0 Å². The van der Waals surface area contributed by atoms with Crippen LogP contribution in [-0.4, -0.2) is 41.2 Å². The minimum Gasteiger partial charge on any atom is -0.387 e. The number of rotatable bonds is 2. The van der Waals surface area contributed by atoms with Gasteiger partial charge < -0.3 is 24.4 Å². The van der Waals surface area contributed by atoms with E-state index in [4.69, 9.17) is 14.2 Å². The van der Waals surface area contributed by atoms with Crippen molar-refractivity contribution < 1.29 is 24.4 Å². The smallest absolute Gasteiger partial charge is 0.184 e. The number of fused-ring (bicyclic) bond motifs is 1. The highest BCUT2D eigenvalue weighted by Gasteiger charge is 2.49. The van der Waals surface area contributed by atoms with E-state index >= 15 is 0 Å². The van der Waals surface area contributed by atoms with Crippen LogP contribution in [0.1, 0.15) is 29.1 Å². The third-order valence-electron chi connectivity index (χ3n) is 4.85. The highest BCUT2D eigenvalue weighted by molar-refractivity contribution is 5.25. The molecule has 0 spiro atoms. The number of hydrogen-bond acceptors (Lipinski definition) is 5. The van der Waals surface area contributed by atoms with Gasteiger partial charge in [0.25, 0.3) is 0 Å². The molecule has 2 aromatic carbocycles. The van der Waals surface area contributed by atoms with Crippen LogP contribution < -0.4 is 0 Å². The fraction of sp³-hybridized carbons (Fsp3) is 0.400. The fourth-order valence-corrected chi connectivity index (χ4v) is 3.42. The lowest BCUT2D eigenvalue weighted by molar-refractivity contribution is -0.330. The Morgan fingerprint density at radius 1 is 0.840 bits per heavy atom. The molecule has 6 atom stereocenters. The van der Waals surface area contributed by atoms with Crippen LogP contribution in [0.25, 0.3) is 0 Å². The quantitative estimate of drug-likeness (QED) is 0.876. The molecule has 5 heteroatoms. The Bertz CT molecular complexity index is 700. The summed E-state index contributed by atoms with van der Waals surface area (Å²) in [5.74, 6) is 0. The minimum absolute atomic E-state index is 0.302. The summed E-state index contributed by atoms with van der Waals surface area (Å²) in [7, 11) is 0. The van der Waals surface area contributed by atoms with Gasteiger partial charge in [-0.1, -0.05) is 60.2 Å². The average molecular weight is 342 g/mol. The third-order valence-corrected chi connectivity index (χ3v) is 4.85. The average Bonchev–Trinajstić information content (AvgIpc) is 2.66. The Kier molecular flexibility index (Phi) is 4.58. The highest BCUT2D eigenvalue weighted by Crippen LogP contribution is 2.38. The zero-order valence-corrected chi connectivity index (χ0v) is 14.0. The molecule has 132 valence electrons. The van der Waals surface area contributed by atoms with Crippen LogP contribution in [0, 0.1) is 6.92 Å². The lowest BCUT2D eigenvalue weighted by Gasteiger charge is -2.46. The van der Waals surface area contributed by atoms with E-state index in [-0.39, 0.29) is 0 Å². The molecular weight excluding hydrogens is 320 g/mol. The van der Waals surface area contributed by atoms with E-state index in [2.05, 4.69) is 0 Å². The number of aliphatic hydroxyl groups is 2. The molecule has 2 saturated heterocycles. The van der Waals surface area contributed by atoms with Crippen LogP contribution in [-0.2, 0) is 14.2 Å². The normalized spacial score (nSPS) is 35.2. The lowest BCUT2D eigenvalue weighted by atomic mass is 9.90. The molecule has 2 heterocycles. The molecular formula is C20H22O5. The third kappa shape index (κ3) is 3.21. The van der Waals surface area contributed by atoms with Gasteiger partial charge in [-0.2, -0.15) is 0 Å². The fourth-order valence-electron chi connectivity index (χ4n) is 3.42. The summed E-state index contributed by atoms with van der Waals surface area (Å²) < 4.78 is 17.7. The molecule has 2 fully saturated rings. The van der Waals surface area contributed by atoms with Crippen molar-refractivity contribution >= 4 is 0 Å². The van der Waals surface area contributed by atoms with E-state index in [0.717, 1.165) is 16.7 Å². The molecule has 2 aliphatic rings. The van der Waals surface area contributed by atoms with E-state index in [1.807, 2.05) is 61.5 Å². The maximum Gasteiger partial charge on any atom is 0.184 e. The Balaban J connectivity index is 1.52. The monoisotopic (exact) mass is 342 g/mol. The van der Waals surface area contributed by atoms with Crippen LogP contribution in [0.4, 0.5) is 0 Å². The van der Waals surface area contributed by atoms with Gasteiger partial charge in [-0.25, -0.2) is 0 Å². The molecule has 1 unspecified atom stereocenters. The van der Waals surface area contributed by atoms with Crippen molar-refractivity contribution in [3.63, 3.8) is 0 Å². The van der Waals surface area contributed by atoms with Gasteiger partial charge in [0.05, 0.1) is 6.61 Å². The Labute approximate surface area is 146 Å². The van der Waals surface area contributed by atoms with Crippen molar-refractivity contribution in [1.29, 1.82) is 0 Å². The van der Waals surface area contributed by atoms with E-state index in [9.17, 15) is 10.2 Å². The zero-order chi connectivity index (χ0) is 17.4. The summed E-state index contributed by atoms with van der Waals surface area (Å²) >= 11 is 0. The standard InChI is InChI=1S/C20H22O5/c1-12-7-9-13(10-8-12)18-16(21)17(22)19-15(24-18)11-23-20(25-19)14-5-3-2-4-6-14/h2-10,15-22H,11H2,1H3/t15-,16-,17-,18+,19-,20?/m1/s1. The van der Waals surface area contributed by atoms with Crippen LogP contribution >= 0.6 is 0 Å². The van der Waals surface area contributed by atoms with Crippen molar-refractivity contribution in [2.75, 3.05) is 6.61 Å². The molecule has 5 nitrogen and oxygen atoms in total. The topological polar surface area (TPSA) is 68.2 Å². The number of aryl methyl sites for hydroxylation is 1. The molecule has 25 heavy (non-hydrogen) atoms. The van der Waals surface area contributed by atoms with Crippen LogP contribution in [0.2, 0.25) is 0 Å². The van der Waals surface area contributed by atoms with E-state index in [0.29, 0.717) is 6.61 Å². The summed E-state index contributed by atoms with van der Waals surface area (Å²) in [6.45, 7) is 2.30. The second-order valence-corrected chi connectivity index (χ2v) is 6.66. The summed E-state index contributed by atoms with van der Waals surface area (Å²) in [5.41, 5.74) is 2.84. The zero-order valence-electron chi connectivity index (χ0n) is 14.0. The Hall–Kier alpha value is -1.76. The molecule has 0 amide bonds. The molecule has 0 aliphatic carbocycles. The van der Waals surface area contributed by atoms with Gasteiger partial charge >= 0.3 is 0 Å². The predicted molar refractivity (Wildman–Crippen MR) is 90.8 cm³/mol. The summed E-state index contributed by atoms with van der Waals surface area (Å²) in [6.07, 6.45) is -4.32. The first-order valence-electron chi connectivity index (χ1n) is 8.53. The van der Waals surface area contributed by atoms with E-state index < -0.39 is 36.8 Å². The summed E-state index contributed by atoms with van der Waals surface area (Å²) in [4.78, 5) is 0. The van der Waals surface area contributed by atoms with Gasteiger partial charge in [-0.15, -0.1) is 0 Å². The van der Waals surface area contributed by atoms with Crippen molar-refractivity contribution in [3.05, 3.63) is 71.3 Å². The first-order valence-corrected chi connectivity index (χ1v) is 8.53. The lowest BCUT2D eigenvalue weighted by Crippen LogP contribution is -2.59. The molecule has 4 rings (SSSR count). The van der Waals surface area contributed by atoms with Gasteiger partial charge in [-0.05, 0) is 12.5 Å². The largest absolute Gasteiger partial charge is 0.387 e. The predicted octanol–water partition coefficient (Wildman–Crippen LogP) is 2.27. The summed E-state index contributed by atoms with van der Waals surface area (Å²) in [5, 5.41) is 21.2. The minimum atomic E-state index is -1.06. The van der Waals surface area contributed by atoms with Crippen LogP contribution in [0.5, 0.6) is 0 Å². The SMILES string of the molecule is Cc1ccc([C@@H]2O[C@@H]3COC(c4ccccc4)O[C@H]3[C@H](O)[C@H]2O)cc1. The maximum atomic E-state index is 10.6. The molecule has 0 bridgehead atoms. The molecule has 0 aromatic heterocycles. The number of benzene rings is 2. The van der Waals surface area contributed by atoms with Crippen molar-refractivity contribution in [3.8, 4) is 0 Å². The first kappa shape index (κ1) is 16.7. The van der Waals surface area contributed by atoms with Crippen LogP contribution in [0.3, 0.4) is 0 Å². The second-order valence-electron chi connectivity index (χ2n) is 6.66. The highest BCUT2D eigenvalue weighted by atomic mass is 16.7. The number of aliphatic hydroxyl groups excluding tert-OH is 2. The summed E-state index contributed by atoms with van der Waals surface area (Å²) in [6, 6.07) is 17.3. The number of hydrogen-bond donors (Lipinski definition) is 2. The van der Waals surface area contributed by atoms with Crippen molar-refractivity contribution in [1.82, 2.24) is 0 Å². The van der Waals surface area contributed by atoms with Crippen LogP contribution in [0.15, 0.2) is 54.6 Å². The Morgan fingerprint density at radius 2 is 1.56 bits per heavy atom. The van der Waals surface area contributed by atoms with E-state index in [1.54, 1.807) is 0 Å². The van der Waals surface area contributed by atoms with Gasteiger partial charge in [0.1, 0.15) is 30.5 Å². The Morgan fingerprint density at radius 3 is 2.28 bits per heavy atom. The van der Waals surface area contributed by atoms with Gasteiger partial charge in [0.15, 0.2) is 6.29 Å². The van der Waals surface area contributed by atoms with Gasteiger partial charge in [0.2, 0.25) is 0 Å². The van der Waals surface area contributed by atoms with Crippen molar-refractivity contribution in [2.45, 2.75) is 43.7 Å². The molecule has 0 radical (unpaired) electrons. The molecule has 2 aromatic rings. The van der Waals surface area contributed by atoms with Crippen molar-refractivity contribution in [2.24, 2.45) is 0 Å². The molecule has 2 N–H and O–H groups in total.